The van der Waals surface area contributed by atoms with Crippen LogP contribution in [0.2, 0.25) is 10.0 Å². The van der Waals surface area contributed by atoms with Gasteiger partial charge in [-0.25, -0.2) is 4.79 Å². The van der Waals surface area contributed by atoms with Crippen molar-refractivity contribution in [2.75, 3.05) is 11.9 Å². The molecule has 2 aromatic rings. The van der Waals surface area contributed by atoms with Crippen LogP contribution in [0, 0.1) is 6.92 Å². The van der Waals surface area contributed by atoms with E-state index in [2.05, 4.69) is 5.32 Å². The summed E-state index contributed by atoms with van der Waals surface area (Å²) < 4.78 is 5.17. The van der Waals surface area contributed by atoms with Crippen molar-refractivity contribution < 1.29 is 19.4 Å². The topological polar surface area (TPSA) is 75.6 Å². The average Bonchev–Trinajstić information content (AvgIpc) is 2.49. The van der Waals surface area contributed by atoms with Crippen molar-refractivity contribution in [2.24, 2.45) is 0 Å². The van der Waals surface area contributed by atoms with E-state index in [1.807, 2.05) is 6.92 Å². The lowest BCUT2D eigenvalue weighted by molar-refractivity contribution is -0.139. The fourth-order valence-corrected chi connectivity index (χ4v) is 2.14. The van der Waals surface area contributed by atoms with Gasteiger partial charge in [-0.05, 0) is 42.8 Å². The number of aliphatic carboxylic acids is 1. The van der Waals surface area contributed by atoms with Gasteiger partial charge in [0.2, 0.25) is 0 Å². The number of carbonyl (C=O) groups excluding carboxylic acids is 1. The monoisotopic (exact) mass is 353 g/mol. The Labute approximate surface area is 142 Å². The average molecular weight is 354 g/mol. The Morgan fingerprint density at radius 2 is 1.87 bits per heavy atom. The number of rotatable bonds is 5. The Morgan fingerprint density at radius 3 is 2.52 bits per heavy atom. The van der Waals surface area contributed by atoms with Crippen LogP contribution in [0.4, 0.5) is 5.69 Å². The SMILES string of the molecule is Cc1ccc(OCC(=O)O)c(NC(=O)c2ccc(Cl)c(Cl)c2)c1. The van der Waals surface area contributed by atoms with Crippen LogP contribution in [0.25, 0.3) is 0 Å². The van der Waals surface area contributed by atoms with Crippen molar-refractivity contribution in [1.29, 1.82) is 0 Å². The molecule has 7 heteroatoms. The molecule has 2 aromatic carbocycles. The highest BCUT2D eigenvalue weighted by Crippen LogP contribution is 2.27. The second kappa shape index (κ2) is 7.35. The zero-order chi connectivity index (χ0) is 17.0. The third kappa shape index (κ3) is 4.61. The van der Waals surface area contributed by atoms with Gasteiger partial charge in [0.05, 0.1) is 15.7 Å². The summed E-state index contributed by atoms with van der Waals surface area (Å²) in [7, 11) is 0. The van der Waals surface area contributed by atoms with Gasteiger partial charge in [0, 0.05) is 5.56 Å². The van der Waals surface area contributed by atoms with E-state index in [4.69, 9.17) is 33.0 Å². The van der Waals surface area contributed by atoms with Crippen LogP contribution >= 0.6 is 23.2 Å². The Balaban J connectivity index is 2.23. The molecule has 0 aliphatic heterocycles. The third-order valence-electron chi connectivity index (χ3n) is 2.92. The zero-order valence-electron chi connectivity index (χ0n) is 12.1. The van der Waals surface area contributed by atoms with E-state index in [0.717, 1.165) is 5.56 Å². The lowest BCUT2D eigenvalue weighted by atomic mass is 10.1. The second-order valence-electron chi connectivity index (χ2n) is 4.77. The highest BCUT2D eigenvalue weighted by molar-refractivity contribution is 6.42. The number of ether oxygens (including phenoxy) is 1. The molecular weight excluding hydrogens is 341 g/mol. The maximum Gasteiger partial charge on any atom is 0.341 e. The third-order valence-corrected chi connectivity index (χ3v) is 3.66. The number of halogens is 2. The molecule has 2 rings (SSSR count). The summed E-state index contributed by atoms with van der Waals surface area (Å²) in [4.78, 5) is 22.9. The van der Waals surface area contributed by atoms with Crippen molar-refractivity contribution in [2.45, 2.75) is 6.92 Å². The van der Waals surface area contributed by atoms with Crippen molar-refractivity contribution in [3.63, 3.8) is 0 Å². The molecule has 120 valence electrons. The number of carboxylic acid groups (broad SMARTS) is 1. The highest BCUT2D eigenvalue weighted by Gasteiger charge is 2.12. The van der Waals surface area contributed by atoms with Gasteiger partial charge in [-0.15, -0.1) is 0 Å². The van der Waals surface area contributed by atoms with E-state index >= 15 is 0 Å². The van der Waals surface area contributed by atoms with E-state index in [9.17, 15) is 9.59 Å². The molecule has 0 atom stereocenters. The largest absolute Gasteiger partial charge is 0.480 e. The first-order chi connectivity index (χ1) is 10.9. The van der Waals surface area contributed by atoms with E-state index in [1.165, 1.54) is 18.2 Å². The van der Waals surface area contributed by atoms with Crippen molar-refractivity contribution in [3.8, 4) is 5.75 Å². The van der Waals surface area contributed by atoms with Gasteiger partial charge in [0.25, 0.3) is 5.91 Å². The normalized spacial score (nSPS) is 10.2. The molecule has 0 saturated carbocycles. The zero-order valence-corrected chi connectivity index (χ0v) is 13.6. The predicted octanol–water partition coefficient (Wildman–Crippen LogP) is 4.02. The predicted molar refractivity (Wildman–Crippen MR) is 88.7 cm³/mol. The number of amides is 1. The summed E-state index contributed by atoms with van der Waals surface area (Å²) in [6.07, 6.45) is 0. The van der Waals surface area contributed by atoms with Crippen LogP contribution in [0.3, 0.4) is 0 Å². The number of benzene rings is 2. The minimum Gasteiger partial charge on any atom is -0.480 e. The molecule has 0 bridgehead atoms. The fraction of sp³-hybridized carbons (Fsp3) is 0.125. The van der Waals surface area contributed by atoms with E-state index < -0.39 is 18.5 Å². The molecule has 0 fully saturated rings. The van der Waals surface area contributed by atoms with Crippen molar-refractivity contribution >= 4 is 40.8 Å². The molecule has 0 unspecified atom stereocenters. The molecule has 0 saturated heterocycles. The van der Waals surface area contributed by atoms with Crippen LogP contribution in [0.5, 0.6) is 5.75 Å². The summed E-state index contributed by atoms with van der Waals surface area (Å²) in [6, 6.07) is 9.56. The Bertz CT molecular complexity index is 762. The maximum absolute atomic E-state index is 12.3. The van der Waals surface area contributed by atoms with Crippen LogP contribution < -0.4 is 10.1 Å². The van der Waals surface area contributed by atoms with Crippen LogP contribution in [0.1, 0.15) is 15.9 Å². The van der Waals surface area contributed by atoms with Gasteiger partial charge in [-0.1, -0.05) is 29.3 Å². The van der Waals surface area contributed by atoms with E-state index in [0.29, 0.717) is 16.3 Å². The molecule has 0 spiro atoms. The number of hydrogen-bond donors (Lipinski definition) is 2. The maximum atomic E-state index is 12.3. The fourth-order valence-electron chi connectivity index (χ4n) is 1.84. The molecule has 0 heterocycles. The summed E-state index contributed by atoms with van der Waals surface area (Å²) in [6.45, 7) is 1.34. The quantitative estimate of drug-likeness (QED) is 0.851. The van der Waals surface area contributed by atoms with Gasteiger partial charge < -0.3 is 15.2 Å². The Kier molecular flexibility index (Phi) is 5.47. The van der Waals surface area contributed by atoms with Crippen LogP contribution in [-0.2, 0) is 4.79 Å². The first-order valence-corrected chi connectivity index (χ1v) is 7.34. The van der Waals surface area contributed by atoms with Gasteiger partial charge in [0.15, 0.2) is 6.61 Å². The van der Waals surface area contributed by atoms with E-state index in [1.54, 1.807) is 18.2 Å². The molecule has 0 aliphatic rings. The standard InChI is InChI=1S/C16H13Cl2NO4/c1-9-2-5-14(23-8-15(20)21)13(6-9)19-16(22)10-3-4-11(17)12(18)7-10/h2-7H,8H2,1H3,(H,19,22)(H,20,21). The minimum absolute atomic E-state index is 0.269. The minimum atomic E-state index is -1.10. The smallest absolute Gasteiger partial charge is 0.341 e. The first-order valence-electron chi connectivity index (χ1n) is 6.58. The number of carbonyl (C=O) groups is 2. The summed E-state index contributed by atoms with van der Waals surface area (Å²) in [5.74, 6) is -1.24. The Morgan fingerprint density at radius 1 is 1.13 bits per heavy atom. The summed E-state index contributed by atoms with van der Waals surface area (Å²) in [5, 5.41) is 12.0. The molecular formula is C16H13Cl2NO4. The summed E-state index contributed by atoms with van der Waals surface area (Å²) >= 11 is 11.7. The van der Waals surface area contributed by atoms with Gasteiger partial charge in [-0.3, -0.25) is 4.79 Å². The number of anilines is 1. The van der Waals surface area contributed by atoms with Crippen molar-refractivity contribution in [3.05, 3.63) is 57.6 Å². The van der Waals surface area contributed by atoms with Crippen LogP contribution in [-0.4, -0.2) is 23.6 Å². The van der Waals surface area contributed by atoms with Crippen LogP contribution in [0.15, 0.2) is 36.4 Å². The molecule has 23 heavy (non-hydrogen) atoms. The molecule has 1 amide bonds. The van der Waals surface area contributed by atoms with Gasteiger partial charge in [0.1, 0.15) is 5.75 Å². The molecule has 0 aromatic heterocycles. The first kappa shape index (κ1) is 17.1. The highest BCUT2D eigenvalue weighted by atomic mass is 35.5. The van der Waals surface area contributed by atoms with Crippen molar-refractivity contribution in [1.82, 2.24) is 0 Å². The molecule has 0 radical (unpaired) electrons. The number of aryl methyl sites for hydroxylation is 1. The second-order valence-corrected chi connectivity index (χ2v) is 5.58. The Hall–Kier alpha value is -2.24. The van der Waals surface area contributed by atoms with Gasteiger partial charge >= 0.3 is 5.97 Å². The lowest BCUT2D eigenvalue weighted by Gasteiger charge is -2.12. The lowest BCUT2D eigenvalue weighted by Crippen LogP contribution is -2.15. The number of nitrogens with one attached hydrogen (secondary N) is 1. The van der Waals surface area contributed by atoms with E-state index in [-0.39, 0.29) is 10.8 Å². The molecule has 5 nitrogen and oxygen atoms in total. The van der Waals surface area contributed by atoms with Gasteiger partial charge in [-0.2, -0.15) is 0 Å². The number of carboxylic acids is 1. The molecule has 0 aliphatic carbocycles. The number of hydrogen-bond acceptors (Lipinski definition) is 3. The molecule has 2 N–H and O–H groups in total. The summed E-state index contributed by atoms with van der Waals surface area (Å²) in [5.41, 5.74) is 1.59.